The number of anilines is 3. The Morgan fingerprint density at radius 2 is 0.859 bits per heavy atom. The van der Waals surface area contributed by atoms with E-state index in [4.69, 9.17) is 133 Å². The number of hydrogen-bond acceptors (Lipinski definition) is 11. The van der Waals surface area contributed by atoms with Crippen LogP contribution >= 0.6 is 136 Å². The monoisotopic (exact) mass is 1710 g/mol. The molecule has 0 unspecified atom stereocenters. The molecule has 2 aliphatic heterocycles. The maximum atomic E-state index is 9.81. The molecule has 4 N–H and O–H groups in total. The number of alkyl halides is 10. The third-order valence-electron chi connectivity index (χ3n) is 17.1. The van der Waals surface area contributed by atoms with E-state index in [0.717, 1.165) is 137 Å². The Morgan fingerprint density at radius 3 is 1.25 bits per heavy atom. The molecule has 0 spiro atoms. The second kappa shape index (κ2) is 43.5. The van der Waals surface area contributed by atoms with E-state index in [9.17, 15) is 10.0 Å². The van der Waals surface area contributed by atoms with Crippen LogP contribution in [0.3, 0.4) is 0 Å². The summed E-state index contributed by atoms with van der Waals surface area (Å²) in [6, 6.07) is 23.5. The topological polar surface area (TPSA) is 128 Å². The van der Waals surface area contributed by atoms with Crippen LogP contribution in [0.15, 0.2) is 77.3 Å². The molecular weight excluding hydrogens is 1620 g/mol. The van der Waals surface area contributed by atoms with Gasteiger partial charge in [0.15, 0.2) is 0 Å². The summed E-state index contributed by atoms with van der Waals surface area (Å²) in [6.07, 6.45) is 0. The predicted molar refractivity (Wildman–Crippen MR) is 400 cm³/mol. The number of halogens is 13. The average Bonchev–Trinajstić information content (AvgIpc) is 1.61. The van der Waals surface area contributed by atoms with Gasteiger partial charge in [-0.25, -0.2) is 0 Å². The second-order valence-corrected chi connectivity index (χ2v) is 30.1. The highest BCUT2D eigenvalue weighted by Gasteiger charge is 2.53. The standard InChI is InChI=1S/C18H31BCl4N2O2.C17H25BBrCl2NO2.C17H26BCl2NO2.C10H14BBrClNO2.2BrH/c1-24(9-5-20,10-6-21)14-16-3-4-18(19(26)27)17(13-16)15-25(2,11-7-22)12-8-23;1-12-10-15(22(8-6-20)9-7-21)14(19)11-13(12)18-23-16(2,3)17(4,5)24-18;1-13-12-14(21(10-8-19)11-9-20)6-7-15(13)18-22-16(2,3)17(4,5)23-18;12-5-7-14(8-6-13)10-3-1-9(2-4-10)11(15)16;;/h3-4,13,26-27H,5-12,14-15H2,1-2H3;10-11H,6-9H2,1-5H3;6-7,12H,8-11H2,1-5H3;1-4,15-16H,5-8H2;2*1H/q+2;;;;;/p-2. The van der Waals surface area contributed by atoms with E-state index in [0.29, 0.717) is 74.9 Å². The third kappa shape index (κ3) is 27.6. The first-order chi connectivity index (χ1) is 42.2. The van der Waals surface area contributed by atoms with Gasteiger partial charge >= 0.3 is 28.5 Å². The Hall–Kier alpha value is 0.670. The van der Waals surface area contributed by atoms with Crippen molar-refractivity contribution in [2.24, 2.45) is 0 Å². The Bertz CT molecular complexity index is 2710. The van der Waals surface area contributed by atoms with Gasteiger partial charge in [-0.3, -0.25) is 0 Å². The molecule has 30 heteroatoms. The molecule has 520 valence electrons. The number of aryl methyl sites for hydroxylation is 2. The quantitative estimate of drug-likeness (QED) is 0.0311. The number of hydrogen-bond donors (Lipinski definition) is 4. The first kappa shape index (κ1) is 90.7. The molecule has 6 rings (SSSR count). The summed E-state index contributed by atoms with van der Waals surface area (Å²) in [5.74, 6) is 5.00. The fraction of sp³-hybridized carbons (Fsp3) is 0.613. The van der Waals surface area contributed by atoms with Gasteiger partial charge in [-0.1, -0.05) is 46.3 Å². The van der Waals surface area contributed by atoms with Gasteiger partial charge in [-0.2, -0.15) is 0 Å². The zero-order valence-corrected chi connectivity index (χ0v) is 68.5. The van der Waals surface area contributed by atoms with Crippen LogP contribution in [0.4, 0.5) is 17.1 Å². The van der Waals surface area contributed by atoms with Crippen LogP contribution in [-0.4, -0.2) is 218 Å². The van der Waals surface area contributed by atoms with Gasteiger partial charge in [0.2, 0.25) is 0 Å². The molecule has 2 aliphatic rings. The molecule has 0 amide bonds. The van der Waals surface area contributed by atoms with E-state index in [2.05, 4.69) is 166 Å². The van der Waals surface area contributed by atoms with E-state index in [-0.39, 0.29) is 70.6 Å². The van der Waals surface area contributed by atoms with Gasteiger partial charge in [0, 0.05) is 101 Å². The van der Waals surface area contributed by atoms with Crippen LogP contribution < -0.4 is 70.5 Å². The van der Waals surface area contributed by atoms with Crippen LogP contribution in [0.1, 0.15) is 77.6 Å². The highest BCUT2D eigenvalue weighted by atomic mass is 79.9. The Morgan fingerprint density at radius 1 is 0.467 bits per heavy atom. The molecule has 0 aromatic heterocycles. The van der Waals surface area contributed by atoms with E-state index in [1.165, 1.54) is 0 Å². The summed E-state index contributed by atoms with van der Waals surface area (Å²) in [5.41, 5.74) is 9.34. The average molecular weight is 1720 g/mol. The van der Waals surface area contributed by atoms with Gasteiger partial charge in [0.05, 0.1) is 91.9 Å². The van der Waals surface area contributed by atoms with Gasteiger partial charge < -0.3 is 96.3 Å². The Kier molecular flexibility index (Phi) is 42.8. The minimum absolute atomic E-state index is 0. The molecule has 4 aromatic rings. The van der Waals surface area contributed by atoms with Crippen LogP contribution in [0, 0.1) is 13.8 Å². The molecule has 0 atom stereocenters. The SMILES string of the molecule is C[N+](CCCl)(CCCl)Cc1ccc(B(O)O)c(C[N+](C)(CCCl)CCCl)c1.Cc1cc(N(CCCl)CCCl)c(Br)cc1B1OC(C)(C)C(C)(C)O1.Cc1cc(N(CCCl)CCCl)ccc1B1OC(C)(C)C(C)(C)O1.OB(O)c1ccc(N(CCCl)CCBr)cc1.[Br-].[Br-]. The largest absolute Gasteiger partial charge is 1.00 e. The van der Waals surface area contributed by atoms with Gasteiger partial charge in [0.1, 0.15) is 13.1 Å². The zero-order chi connectivity index (χ0) is 67.8. The molecule has 2 heterocycles. The van der Waals surface area contributed by atoms with Gasteiger partial charge in [-0.15, -0.1) is 104 Å². The van der Waals surface area contributed by atoms with Crippen molar-refractivity contribution in [2.75, 3.05) is 152 Å². The minimum atomic E-state index is -1.51. The lowest BCUT2D eigenvalue weighted by Crippen LogP contribution is -3.00. The van der Waals surface area contributed by atoms with E-state index >= 15 is 0 Å². The number of nitrogens with zero attached hydrogens (tertiary/aromatic N) is 5. The maximum Gasteiger partial charge on any atom is 0.495 e. The zero-order valence-electron chi connectivity index (χ0n) is 55.4. The van der Waals surface area contributed by atoms with Crippen LogP contribution in [-0.2, 0) is 31.7 Å². The van der Waals surface area contributed by atoms with Crippen molar-refractivity contribution < 1.29 is 81.6 Å². The van der Waals surface area contributed by atoms with Gasteiger partial charge in [-0.05, 0) is 161 Å². The summed E-state index contributed by atoms with van der Waals surface area (Å²) < 4.78 is 27.0. The van der Waals surface area contributed by atoms with E-state index < -0.39 is 14.2 Å². The first-order valence-electron chi connectivity index (χ1n) is 30.3. The third-order valence-corrected chi connectivity index (χ3v) is 19.6. The summed E-state index contributed by atoms with van der Waals surface area (Å²) >= 11 is 60.4. The number of rotatable bonds is 31. The molecule has 4 aromatic carbocycles. The fourth-order valence-corrected chi connectivity index (χ4v) is 13.8. The van der Waals surface area contributed by atoms with Crippen molar-refractivity contribution in [3.05, 3.63) is 99.5 Å². The summed E-state index contributed by atoms with van der Waals surface area (Å²) in [5, 5.41) is 38.4. The van der Waals surface area contributed by atoms with Gasteiger partial charge in [0.25, 0.3) is 0 Å². The van der Waals surface area contributed by atoms with E-state index in [1.807, 2.05) is 18.2 Å². The molecule has 0 radical (unpaired) electrons. The summed E-state index contributed by atoms with van der Waals surface area (Å²) in [4.78, 5) is 6.52. The van der Waals surface area contributed by atoms with Crippen molar-refractivity contribution in [2.45, 2.75) is 105 Å². The molecule has 0 saturated carbocycles. The normalized spacial score (nSPS) is 15.2. The van der Waals surface area contributed by atoms with Crippen molar-refractivity contribution in [1.82, 2.24) is 0 Å². The van der Waals surface area contributed by atoms with E-state index in [1.54, 1.807) is 18.2 Å². The lowest BCUT2D eigenvalue weighted by molar-refractivity contribution is -0.918. The van der Waals surface area contributed by atoms with Crippen molar-refractivity contribution in [3.8, 4) is 0 Å². The molecule has 0 aliphatic carbocycles. The van der Waals surface area contributed by atoms with Crippen LogP contribution in [0.25, 0.3) is 0 Å². The fourth-order valence-electron chi connectivity index (χ4n) is 10.2. The number of quaternary nitrogens is 2. The molecule has 2 saturated heterocycles. The van der Waals surface area contributed by atoms with Crippen LogP contribution in [0.5, 0.6) is 0 Å². The molecule has 2 fully saturated rings. The lowest BCUT2D eigenvalue weighted by atomic mass is 9.76. The summed E-state index contributed by atoms with van der Waals surface area (Å²) in [7, 11) is 0.609. The number of benzene rings is 4. The minimum Gasteiger partial charge on any atom is -1.00 e. The smallest absolute Gasteiger partial charge is 0.495 e. The van der Waals surface area contributed by atoms with Crippen molar-refractivity contribution in [1.29, 1.82) is 0 Å². The molecular formula is C62H96B4Br4Cl9N5O8. The Labute approximate surface area is 635 Å². The lowest BCUT2D eigenvalue weighted by Gasteiger charge is -2.35. The maximum absolute atomic E-state index is 9.81. The highest BCUT2D eigenvalue weighted by molar-refractivity contribution is 9.10. The van der Waals surface area contributed by atoms with Crippen molar-refractivity contribution in [3.63, 3.8) is 0 Å². The second-order valence-electron chi connectivity index (χ2n) is 25.1. The first-order valence-corrected chi connectivity index (χ1v) is 37.1. The molecule has 13 nitrogen and oxygen atoms in total. The Balaban J connectivity index is 0.000000617. The predicted octanol–water partition coefficient (Wildman–Crippen LogP) is 4.95. The van der Waals surface area contributed by atoms with Crippen LogP contribution in [0.2, 0.25) is 0 Å². The van der Waals surface area contributed by atoms with Crippen molar-refractivity contribution >= 4 is 204 Å². The molecule has 92 heavy (non-hydrogen) atoms. The molecule has 0 bridgehead atoms. The summed E-state index contributed by atoms with van der Waals surface area (Å²) in [6.45, 7) is 30.0. The highest BCUT2D eigenvalue weighted by Crippen LogP contribution is 2.39.